The fourth-order valence-electron chi connectivity index (χ4n) is 5.78. The van der Waals surface area contributed by atoms with E-state index in [1.165, 1.54) is 6.26 Å². The van der Waals surface area contributed by atoms with Crippen LogP contribution in [0.5, 0.6) is 5.75 Å². The van der Waals surface area contributed by atoms with E-state index in [1.807, 2.05) is 46.0 Å². The zero-order chi connectivity index (χ0) is 29.7. The molecule has 1 amide bonds. The molecule has 1 aromatic carbocycles. The molecular weight excluding hydrogens is 562 g/mol. The number of sulfone groups is 1. The Labute approximate surface area is 245 Å². The van der Waals surface area contributed by atoms with Gasteiger partial charge in [-0.25, -0.2) is 18.2 Å². The number of hydrogen-bond donors (Lipinski definition) is 2. The first kappa shape index (κ1) is 29.6. The number of ether oxygens (including phenoxy) is 2. The number of anilines is 1. The number of fused-ring (bicyclic) bond motifs is 1. The monoisotopic (exact) mass is 599 g/mol. The van der Waals surface area contributed by atoms with Gasteiger partial charge >= 0.3 is 6.16 Å². The summed E-state index contributed by atoms with van der Waals surface area (Å²) in [5, 5.41) is 13.2. The van der Waals surface area contributed by atoms with Crippen molar-refractivity contribution in [2.45, 2.75) is 57.1 Å². The number of hydrogen-bond acceptors (Lipinski definition) is 9. The Hall–Kier alpha value is -3.87. The van der Waals surface area contributed by atoms with Crippen LogP contribution in [0.3, 0.4) is 0 Å². The van der Waals surface area contributed by atoms with E-state index < -0.39 is 16.0 Å². The predicted molar refractivity (Wildman–Crippen MR) is 157 cm³/mol. The highest BCUT2D eigenvalue weighted by atomic mass is 32.2. The minimum atomic E-state index is -3.02. The molecule has 2 fully saturated rings. The molecule has 1 aliphatic carbocycles. The van der Waals surface area contributed by atoms with Crippen LogP contribution in [-0.2, 0) is 19.4 Å². The van der Waals surface area contributed by atoms with Gasteiger partial charge in [-0.15, -0.1) is 0 Å². The third-order valence-corrected chi connectivity index (χ3v) is 8.96. The second-order valence-corrected chi connectivity index (χ2v) is 13.3. The van der Waals surface area contributed by atoms with Crippen LogP contribution in [0, 0.1) is 5.92 Å². The van der Waals surface area contributed by atoms with Crippen LogP contribution in [0.2, 0.25) is 0 Å². The predicted octanol–water partition coefficient (Wildman–Crippen LogP) is 3.89. The number of nitrogens with one attached hydrogen (secondary N) is 1. The lowest BCUT2D eigenvalue weighted by Gasteiger charge is -2.36. The van der Waals surface area contributed by atoms with Gasteiger partial charge < -0.3 is 29.4 Å². The van der Waals surface area contributed by atoms with Crippen molar-refractivity contribution in [3.63, 3.8) is 0 Å². The number of carbonyl (C=O) groups excluding carboxylic acids is 1. The molecule has 0 spiro atoms. The molecule has 0 atom stereocenters. The highest BCUT2D eigenvalue weighted by molar-refractivity contribution is 7.90. The van der Waals surface area contributed by atoms with Crippen molar-refractivity contribution < 1.29 is 32.6 Å². The Bertz CT molecular complexity index is 1510. The number of carboxylic acid groups (broad SMARTS) is 1. The maximum atomic E-state index is 13.1. The van der Waals surface area contributed by atoms with Crippen molar-refractivity contribution in [2.75, 3.05) is 37.0 Å². The van der Waals surface area contributed by atoms with E-state index in [4.69, 9.17) is 19.6 Å². The van der Waals surface area contributed by atoms with Crippen molar-refractivity contribution in [1.82, 2.24) is 19.4 Å². The van der Waals surface area contributed by atoms with Crippen molar-refractivity contribution in [3.8, 4) is 11.6 Å². The number of carbonyl (C=O) groups is 2. The minimum Gasteiger partial charge on any atom is -0.493 e. The summed E-state index contributed by atoms with van der Waals surface area (Å²) < 4.78 is 35.5. The average molecular weight is 600 g/mol. The number of likely N-dealkylation sites (tertiary alicyclic amines) is 1. The van der Waals surface area contributed by atoms with Gasteiger partial charge in [0.1, 0.15) is 27.5 Å². The van der Waals surface area contributed by atoms with Crippen molar-refractivity contribution in [1.29, 1.82) is 0 Å². The van der Waals surface area contributed by atoms with Gasteiger partial charge in [-0.05, 0) is 56.4 Å². The molecule has 12 nitrogen and oxygen atoms in total. The highest BCUT2D eigenvalue weighted by Gasteiger charge is 2.32. The van der Waals surface area contributed by atoms with Crippen LogP contribution in [0.1, 0.15) is 44.9 Å². The Morgan fingerprint density at radius 3 is 2.55 bits per heavy atom. The molecule has 3 aromatic rings. The quantitative estimate of drug-likeness (QED) is 0.259. The first-order chi connectivity index (χ1) is 20.2. The molecule has 0 unspecified atom stereocenters. The maximum absolute atomic E-state index is 13.1. The highest BCUT2D eigenvalue weighted by Crippen LogP contribution is 2.30. The Morgan fingerprint density at radius 1 is 1.07 bits per heavy atom. The molecule has 5 rings (SSSR count). The summed E-state index contributed by atoms with van der Waals surface area (Å²) >= 11 is 0. The fraction of sp³-hybridized carbons (Fsp3) is 0.517. The molecule has 42 heavy (non-hydrogen) atoms. The second-order valence-electron chi connectivity index (χ2n) is 11.0. The number of amides is 1. The van der Waals surface area contributed by atoms with E-state index in [2.05, 4.69) is 10.3 Å². The number of benzene rings is 1. The number of piperidine rings is 1. The van der Waals surface area contributed by atoms with Gasteiger partial charge in [0.25, 0.3) is 0 Å². The van der Waals surface area contributed by atoms with Crippen molar-refractivity contribution in [3.05, 3.63) is 42.7 Å². The molecule has 226 valence electrons. The van der Waals surface area contributed by atoms with Gasteiger partial charge in [-0.2, -0.15) is 4.98 Å². The molecule has 1 saturated carbocycles. The lowest BCUT2D eigenvalue weighted by Crippen LogP contribution is -2.45. The standard InChI is InChI=1S/C29H37N5O7S/c1-42(38,39)19-3-18-40-25-5-2-4-24-23(25)13-17-34(24)26-10-14-30-28(32-26)31-21-8-6-20(7-9-21)27(35)33-15-11-22(12-16-33)41-29(36)37/h2,4-5,10,13-14,17,20-22H,3,6-9,11-12,15-16,18-19H2,1H3,(H,36,37)(H,30,31,32). The maximum Gasteiger partial charge on any atom is 0.506 e. The SMILES string of the molecule is CS(=O)(=O)CCCOc1cccc2c1ccn2-c1ccnc(NC2CCC(C(=O)N3CCC(OC(=O)O)CC3)CC2)n1. The molecule has 0 radical (unpaired) electrons. The van der Waals surface area contributed by atoms with Gasteiger partial charge in [0.15, 0.2) is 0 Å². The van der Waals surface area contributed by atoms with E-state index in [-0.39, 0.29) is 29.7 Å². The topological polar surface area (TPSA) is 153 Å². The van der Waals surface area contributed by atoms with E-state index >= 15 is 0 Å². The molecule has 1 saturated heterocycles. The molecule has 13 heteroatoms. The zero-order valence-electron chi connectivity index (χ0n) is 23.6. The third kappa shape index (κ3) is 7.50. The van der Waals surface area contributed by atoms with E-state index in [0.717, 1.165) is 36.6 Å². The Balaban J connectivity index is 1.15. The largest absolute Gasteiger partial charge is 0.506 e. The van der Waals surface area contributed by atoms with Crippen LogP contribution in [-0.4, -0.2) is 88.9 Å². The second kappa shape index (κ2) is 13.0. The number of nitrogens with zero attached hydrogens (tertiary/aromatic N) is 4. The molecule has 1 aliphatic heterocycles. The molecular formula is C29H37N5O7S. The van der Waals surface area contributed by atoms with Crippen LogP contribution >= 0.6 is 0 Å². The fourth-order valence-corrected chi connectivity index (χ4v) is 6.43. The average Bonchev–Trinajstić information content (AvgIpc) is 3.40. The summed E-state index contributed by atoms with van der Waals surface area (Å²) in [6, 6.07) is 9.70. The Morgan fingerprint density at radius 2 is 1.83 bits per heavy atom. The minimum absolute atomic E-state index is 0.0266. The molecule has 2 aliphatic rings. The van der Waals surface area contributed by atoms with Crippen molar-refractivity contribution in [2.24, 2.45) is 5.92 Å². The number of aromatic nitrogens is 3. The lowest BCUT2D eigenvalue weighted by molar-refractivity contribution is -0.138. The van der Waals surface area contributed by atoms with E-state index in [9.17, 15) is 18.0 Å². The first-order valence-corrected chi connectivity index (χ1v) is 16.4. The van der Waals surface area contributed by atoms with Crippen LogP contribution in [0.25, 0.3) is 16.7 Å². The first-order valence-electron chi connectivity index (χ1n) is 14.4. The molecule has 0 bridgehead atoms. The zero-order valence-corrected chi connectivity index (χ0v) is 24.5. The van der Waals surface area contributed by atoms with E-state index in [0.29, 0.717) is 56.5 Å². The summed E-state index contributed by atoms with van der Waals surface area (Å²) in [5.41, 5.74) is 0.915. The summed E-state index contributed by atoms with van der Waals surface area (Å²) in [7, 11) is -3.02. The number of rotatable bonds is 10. The summed E-state index contributed by atoms with van der Waals surface area (Å²) in [6.45, 7) is 1.37. The lowest BCUT2D eigenvalue weighted by atomic mass is 9.85. The molecule has 2 aromatic heterocycles. The molecule has 3 heterocycles. The van der Waals surface area contributed by atoms with Gasteiger partial charge in [0.05, 0.1) is 17.9 Å². The molecule has 2 N–H and O–H groups in total. The van der Waals surface area contributed by atoms with Crippen LogP contribution in [0.15, 0.2) is 42.7 Å². The van der Waals surface area contributed by atoms with Gasteiger partial charge in [-0.1, -0.05) is 6.07 Å². The van der Waals surface area contributed by atoms with Crippen LogP contribution < -0.4 is 10.1 Å². The summed E-state index contributed by atoms with van der Waals surface area (Å²) in [6.07, 6.45) is 7.98. The van der Waals surface area contributed by atoms with E-state index in [1.54, 1.807) is 6.20 Å². The normalized spacial score (nSPS) is 19.9. The summed E-state index contributed by atoms with van der Waals surface area (Å²) in [4.78, 5) is 34.8. The van der Waals surface area contributed by atoms with Crippen molar-refractivity contribution >= 4 is 38.8 Å². The smallest absolute Gasteiger partial charge is 0.493 e. The van der Waals surface area contributed by atoms with Gasteiger partial charge in [-0.3, -0.25) is 4.79 Å². The van der Waals surface area contributed by atoms with Gasteiger partial charge in [0, 0.05) is 61.9 Å². The Kier molecular flexibility index (Phi) is 9.15. The van der Waals surface area contributed by atoms with Gasteiger partial charge in [0.2, 0.25) is 11.9 Å². The third-order valence-electron chi connectivity index (χ3n) is 7.93. The van der Waals surface area contributed by atoms with Crippen LogP contribution in [0.4, 0.5) is 10.7 Å². The summed E-state index contributed by atoms with van der Waals surface area (Å²) in [5.74, 6) is 2.13.